The van der Waals surface area contributed by atoms with Gasteiger partial charge in [0.05, 0.1) is 104 Å². The van der Waals surface area contributed by atoms with E-state index < -0.39 is 0 Å². The van der Waals surface area contributed by atoms with Crippen LogP contribution in [0, 0.1) is 22.7 Å². The highest BCUT2D eigenvalue weighted by atomic mass is 32.3. The van der Waals surface area contributed by atoms with Crippen molar-refractivity contribution in [2.24, 2.45) is 0 Å². The molecule has 2 rings (SSSR count). The van der Waals surface area contributed by atoms with Crippen LogP contribution in [0.3, 0.4) is 0 Å². The highest BCUT2D eigenvalue weighted by Gasteiger charge is 2.30. The summed E-state index contributed by atoms with van der Waals surface area (Å²) >= 11 is 14.2. The molecule has 2 heterocycles. The maximum Gasteiger partial charge on any atom is 0.0717 e. The average Bonchev–Trinajstić information content (AvgIpc) is 3.56. The second-order valence-corrected chi connectivity index (χ2v) is 17.3. The second-order valence-electron chi connectivity index (χ2n) is 7.24. The van der Waals surface area contributed by atoms with Gasteiger partial charge in [-0.3, -0.25) is 0 Å². The smallest absolute Gasteiger partial charge is 0.0717 e. The Labute approximate surface area is 271 Å². The van der Waals surface area contributed by atoms with E-state index >= 15 is 0 Å². The molecule has 2 aliphatic heterocycles. The molecule has 0 aromatic heterocycles. The van der Waals surface area contributed by atoms with Crippen LogP contribution in [0.1, 0.15) is 12.8 Å². The van der Waals surface area contributed by atoms with Crippen molar-refractivity contribution in [3.05, 3.63) is 25.4 Å². The van der Waals surface area contributed by atoms with E-state index in [0.717, 1.165) is 23.0 Å². The number of hydrogen-bond acceptors (Lipinski definition) is 16. The zero-order chi connectivity index (χ0) is 28.7. The maximum atomic E-state index is 8.96. The molecule has 16 heteroatoms. The number of rotatable bonds is 24. The Hall–Kier alpha value is 0.760. The predicted octanol–water partition coefficient (Wildman–Crippen LogP) is 6.14. The molecule has 0 saturated heterocycles. The van der Waals surface area contributed by atoms with E-state index in [1.807, 2.05) is 23.5 Å². The molecule has 0 amide bonds. The van der Waals surface area contributed by atoms with Crippen LogP contribution in [0.2, 0.25) is 0 Å². The van der Waals surface area contributed by atoms with Crippen LogP contribution in [-0.4, -0.2) is 99.3 Å². The molecule has 224 valence electrons. The van der Waals surface area contributed by atoms with Gasteiger partial charge in [0.15, 0.2) is 0 Å². The van der Waals surface area contributed by atoms with Crippen molar-refractivity contribution < 1.29 is 29.2 Å². The summed E-state index contributed by atoms with van der Waals surface area (Å²) < 4.78 is 29.4. The molecule has 2 N–H and O–H groups in total. The van der Waals surface area contributed by atoms with E-state index in [2.05, 4.69) is 12.1 Å². The monoisotopic (exact) mass is 702 g/mol. The number of nitrogens with zero attached hydrogens (tertiary/aromatic N) is 2. The summed E-state index contributed by atoms with van der Waals surface area (Å²) in [6, 6.07) is 4.45. The van der Waals surface area contributed by atoms with Crippen LogP contribution in [0.25, 0.3) is 0 Å². The lowest BCUT2D eigenvalue weighted by atomic mass is 10.6. The first-order chi connectivity index (χ1) is 19.7. The summed E-state index contributed by atoms with van der Waals surface area (Å²) in [4.78, 5) is 0. The molecular formula is C24H34N2O6S8. The Bertz CT molecular complexity index is 854. The van der Waals surface area contributed by atoms with Crippen molar-refractivity contribution in [2.45, 2.75) is 12.8 Å². The molecular weight excluding hydrogens is 669 g/mol. The fraction of sp³-hybridized carbons (Fsp3) is 0.667. The van der Waals surface area contributed by atoms with Gasteiger partial charge in [0.2, 0.25) is 0 Å². The number of ether oxygens (including phenoxy) is 4. The van der Waals surface area contributed by atoms with Gasteiger partial charge < -0.3 is 29.2 Å². The normalized spacial score (nSPS) is 15.4. The van der Waals surface area contributed by atoms with Gasteiger partial charge in [-0.25, -0.2) is 0 Å². The minimum atomic E-state index is 0.0197. The van der Waals surface area contributed by atoms with Gasteiger partial charge in [0, 0.05) is 35.9 Å². The zero-order valence-corrected chi connectivity index (χ0v) is 28.5. The summed E-state index contributed by atoms with van der Waals surface area (Å²) in [7, 11) is 0. The third-order valence-electron chi connectivity index (χ3n) is 4.27. The molecule has 8 nitrogen and oxygen atoms in total. The Morgan fingerprint density at radius 2 is 0.825 bits per heavy atom. The zero-order valence-electron chi connectivity index (χ0n) is 22.0. The van der Waals surface area contributed by atoms with Crippen LogP contribution < -0.4 is 0 Å². The number of aliphatic hydroxyl groups excluding tert-OH is 2. The molecule has 0 aromatic carbocycles. The lowest BCUT2D eigenvalue weighted by molar-refractivity contribution is 0.0377. The molecule has 0 unspecified atom stereocenters. The van der Waals surface area contributed by atoms with Gasteiger partial charge in [-0.15, -0.1) is 47.0 Å². The van der Waals surface area contributed by atoms with E-state index in [1.165, 1.54) is 25.4 Å². The van der Waals surface area contributed by atoms with Crippen LogP contribution in [0.5, 0.6) is 0 Å². The van der Waals surface area contributed by atoms with E-state index in [-0.39, 0.29) is 13.2 Å². The topological polar surface area (TPSA) is 125 Å². The fourth-order valence-electron chi connectivity index (χ4n) is 2.60. The molecule has 0 fully saturated rings. The van der Waals surface area contributed by atoms with E-state index in [4.69, 9.17) is 39.7 Å². The summed E-state index contributed by atoms with van der Waals surface area (Å²) in [6.45, 7) is 3.91. The lowest BCUT2D eigenvalue weighted by Gasteiger charge is -2.07. The van der Waals surface area contributed by atoms with Crippen molar-refractivity contribution in [3.8, 4) is 12.1 Å². The third kappa shape index (κ3) is 16.0. The van der Waals surface area contributed by atoms with E-state index in [0.29, 0.717) is 65.7 Å². The molecule has 0 radical (unpaired) electrons. The first kappa shape index (κ1) is 36.9. The minimum Gasteiger partial charge on any atom is -0.394 e. The average molecular weight is 703 g/mol. The highest BCUT2D eigenvalue weighted by Crippen LogP contribution is 2.66. The van der Waals surface area contributed by atoms with Crippen LogP contribution in [0.15, 0.2) is 25.4 Å². The Balaban J connectivity index is 1.93. The number of aliphatic hydroxyl groups is 2. The molecule has 40 heavy (non-hydrogen) atoms. The quantitative estimate of drug-likeness (QED) is 0.112. The number of nitriles is 2. The van der Waals surface area contributed by atoms with Gasteiger partial charge >= 0.3 is 0 Å². The summed E-state index contributed by atoms with van der Waals surface area (Å²) in [5, 5.41) is 35.5. The predicted molar refractivity (Wildman–Crippen MR) is 179 cm³/mol. The number of thioether (sulfide) groups is 8. The second kappa shape index (κ2) is 25.1. The van der Waals surface area contributed by atoms with Crippen molar-refractivity contribution in [2.75, 3.05) is 89.1 Å². The molecule has 0 saturated carbocycles. The van der Waals surface area contributed by atoms with Gasteiger partial charge in [0.1, 0.15) is 0 Å². The van der Waals surface area contributed by atoms with E-state index in [1.54, 1.807) is 70.6 Å². The fourth-order valence-corrected chi connectivity index (χ4v) is 14.3. The first-order valence-corrected chi connectivity index (χ1v) is 19.7. The van der Waals surface area contributed by atoms with Gasteiger partial charge in [-0.05, 0) is 0 Å². The SMILES string of the molecule is N#CCCSC1=C(SCCC#N)SC(=C2SC(SCCOCCOCCO)=C(SCCOCCOCCO)S2)S1. The largest absolute Gasteiger partial charge is 0.394 e. The molecule has 0 bridgehead atoms. The Kier molecular flexibility index (Phi) is 23.2. The van der Waals surface area contributed by atoms with Crippen LogP contribution in [-0.2, 0) is 18.9 Å². The van der Waals surface area contributed by atoms with E-state index in [9.17, 15) is 0 Å². The standard InChI is InChI=1S/C24H34N2O6S8/c25-3-1-15-33-19-20(34-16-2-4-26)38-23(37-19)24-39-21(35-17-13-31-11-9-29-7-5-27)22(40-24)36-18-14-32-12-10-30-8-6-28/h27-28H,1-2,5-18H2. The highest BCUT2D eigenvalue weighted by molar-refractivity contribution is 8.45. The Morgan fingerprint density at radius 3 is 1.15 bits per heavy atom. The van der Waals surface area contributed by atoms with Crippen molar-refractivity contribution in [3.63, 3.8) is 0 Å². The third-order valence-corrected chi connectivity index (χ3v) is 15.8. The van der Waals surface area contributed by atoms with Crippen molar-refractivity contribution in [1.29, 1.82) is 10.5 Å². The molecule has 0 spiro atoms. The van der Waals surface area contributed by atoms with Crippen molar-refractivity contribution >= 4 is 94.1 Å². The minimum absolute atomic E-state index is 0.0197. The van der Waals surface area contributed by atoms with Crippen molar-refractivity contribution in [1.82, 2.24) is 0 Å². The maximum absolute atomic E-state index is 8.96. The lowest BCUT2D eigenvalue weighted by Crippen LogP contribution is -2.08. The summed E-state index contributed by atoms with van der Waals surface area (Å²) in [6.07, 6.45) is 1.03. The van der Waals surface area contributed by atoms with Gasteiger partial charge in [-0.2, -0.15) is 10.5 Å². The summed E-state index contributed by atoms with van der Waals surface area (Å²) in [5.74, 6) is 3.19. The summed E-state index contributed by atoms with van der Waals surface area (Å²) in [5.41, 5.74) is 0. The molecule has 0 aliphatic carbocycles. The number of hydrogen-bond donors (Lipinski definition) is 2. The molecule has 0 atom stereocenters. The first-order valence-electron chi connectivity index (χ1n) is 12.5. The molecule has 0 aromatic rings. The van der Waals surface area contributed by atoms with Gasteiger partial charge in [0.25, 0.3) is 0 Å². The van der Waals surface area contributed by atoms with Gasteiger partial charge in [-0.1, -0.05) is 47.0 Å². The van der Waals surface area contributed by atoms with Crippen LogP contribution >= 0.6 is 94.1 Å². The van der Waals surface area contributed by atoms with Crippen LogP contribution in [0.4, 0.5) is 0 Å². The Morgan fingerprint density at radius 1 is 0.500 bits per heavy atom. The molecule has 2 aliphatic rings.